The molecule has 0 aromatic carbocycles. The minimum Gasteiger partial charge on any atom is -0.364 e. The van der Waals surface area contributed by atoms with E-state index in [-0.39, 0.29) is 18.8 Å². The number of rotatable bonds is 11. The van der Waals surface area contributed by atoms with Gasteiger partial charge in [-0.25, -0.2) is 0 Å². The predicted octanol–water partition coefficient (Wildman–Crippen LogP) is 1.75. The highest BCUT2D eigenvalue weighted by atomic mass is 19.4. The SMILES string of the molecule is CC(C)C[C@H](NC(=O)C12CC(C(F)(F)F)(CO1)C2)C(=O)N[C@@H](C[C@@H]1CCNC1=O)C(=O)COC(F)(F)F. The summed E-state index contributed by atoms with van der Waals surface area (Å²) in [7, 11) is 0. The summed E-state index contributed by atoms with van der Waals surface area (Å²) in [6.07, 6.45) is -10.8. The zero-order valence-corrected chi connectivity index (χ0v) is 20.2. The molecule has 3 N–H and O–H groups in total. The third kappa shape index (κ3) is 6.54. The first-order chi connectivity index (χ1) is 17.0. The van der Waals surface area contributed by atoms with Gasteiger partial charge in [-0.1, -0.05) is 13.8 Å². The molecule has 0 radical (unpaired) electrons. The molecule has 3 aliphatic heterocycles. The summed E-state index contributed by atoms with van der Waals surface area (Å²) in [5, 5.41) is 7.23. The normalized spacial score (nSPS) is 28.9. The second-order valence-corrected chi connectivity index (χ2v) is 10.3. The number of carbonyl (C=O) groups excluding carboxylic acids is 4. The number of Topliss-reactive ketones (excluding diaryl/α,β-unsaturated/α-hetero) is 1. The number of amides is 3. The number of halogens is 6. The molecule has 210 valence electrons. The van der Waals surface area contributed by atoms with Gasteiger partial charge in [0.15, 0.2) is 5.78 Å². The lowest BCUT2D eigenvalue weighted by Gasteiger charge is -2.44. The van der Waals surface area contributed by atoms with Gasteiger partial charge in [0.1, 0.15) is 18.2 Å². The first kappa shape index (κ1) is 29.1. The van der Waals surface area contributed by atoms with Crippen LogP contribution >= 0.6 is 0 Å². The molecule has 2 bridgehead atoms. The van der Waals surface area contributed by atoms with Gasteiger partial charge in [-0.15, -0.1) is 13.2 Å². The Hall–Kier alpha value is -2.42. The molecule has 0 unspecified atom stereocenters. The summed E-state index contributed by atoms with van der Waals surface area (Å²) in [5.74, 6) is -4.34. The van der Waals surface area contributed by atoms with Gasteiger partial charge in [0.2, 0.25) is 11.8 Å². The quantitative estimate of drug-likeness (QED) is 0.340. The summed E-state index contributed by atoms with van der Waals surface area (Å²) >= 11 is 0. The van der Waals surface area contributed by atoms with Gasteiger partial charge >= 0.3 is 12.5 Å². The van der Waals surface area contributed by atoms with Crippen LogP contribution < -0.4 is 16.0 Å². The van der Waals surface area contributed by atoms with Crippen molar-refractivity contribution in [2.24, 2.45) is 17.3 Å². The van der Waals surface area contributed by atoms with E-state index in [0.29, 0.717) is 13.0 Å². The molecule has 9 nitrogen and oxygen atoms in total. The van der Waals surface area contributed by atoms with Crippen LogP contribution in [-0.2, 0) is 28.7 Å². The van der Waals surface area contributed by atoms with Gasteiger partial charge in [0.25, 0.3) is 5.91 Å². The van der Waals surface area contributed by atoms with E-state index in [1.165, 1.54) is 0 Å². The fraction of sp³-hybridized carbons (Fsp3) is 0.818. The maximum atomic E-state index is 13.3. The minimum atomic E-state index is -5.10. The lowest BCUT2D eigenvalue weighted by Crippen LogP contribution is -2.62. The average Bonchev–Trinajstić information content (AvgIpc) is 3.44. The fourth-order valence-electron chi connectivity index (χ4n) is 4.97. The number of hydrogen-bond acceptors (Lipinski definition) is 6. The molecule has 0 aromatic heterocycles. The smallest absolute Gasteiger partial charge is 0.364 e. The average molecular weight is 545 g/mol. The largest absolute Gasteiger partial charge is 0.522 e. The second-order valence-electron chi connectivity index (χ2n) is 10.3. The molecule has 4 rings (SSSR count). The van der Waals surface area contributed by atoms with Crippen molar-refractivity contribution >= 4 is 23.5 Å². The Labute approximate surface area is 208 Å². The number of fused-ring (bicyclic) bond motifs is 1. The van der Waals surface area contributed by atoms with E-state index in [1.807, 2.05) is 0 Å². The molecular weight excluding hydrogens is 516 g/mol. The monoisotopic (exact) mass is 545 g/mol. The number of carbonyl (C=O) groups is 4. The first-order valence-electron chi connectivity index (χ1n) is 11.8. The van der Waals surface area contributed by atoms with E-state index in [9.17, 15) is 45.5 Å². The summed E-state index contributed by atoms with van der Waals surface area (Å²) < 4.78 is 86.1. The van der Waals surface area contributed by atoms with Gasteiger partial charge < -0.3 is 20.7 Å². The van der Waals surface area contributed by atoms with Crippen molar-refractivity contribution in [3.63, 3.8) is 0 Å². The number of ketones is 1. The number of ether oxygens (including phenoxy) is 2. The maximum absolute atomic E-state index is 13.3. The maximum Gasteiger partial charge on any atom is 0.522 e. The van der Waals surface area contributed by atoms with Crippen molar-refractivity contribution in [2.45, 2.75) is 76.2 Å². The number of hydrogen-bond donors (Lipinski definition) is 3. The Kier molecular flexibility index (Phi) is 8.18. The molecule has 3 heterocycles. The van der Waals surface area contributed by atoms with Gasteiger partial charge in [0, 0.05) is 25.3 Å². The summed E-state index contributed by atoms with van der Waals surface area (Å²) in [4.78, 5) is 50.4. The molecule has 4 aliphatic rings. The van der Waals surface area contributed by atoms with Crippen molar-refractivity contribution in [3.8, 4) is 0 Å². The van der Waals surface area contributed by atoms with E-state index in [1.54, 1.807) is 13.8 Å². The Morgan fingerprint density at radius 2 is 1.76 bits per heavy atom. The van der Waals surface area contributed by atoms with Gasteiger partial charge in [-0.2, -0.15) is 13.2 Å². The Bertz CT molecular complexity index is 916. The van der Waals surface area contributed by atoms with Crippen LogP contribution in [0.3, 0.4) is 0 Å². The number of alkyl halides is 6. The van der Waals surface area contributed by atoms with Crippen LogP contribution in [0, 0.1) is 17.3 Å². The van der Waals surface area contributed by atoms with Crippen LogP contribution in [0.1, 0.15) is 46.0 Å². The van der Waals surface area contributed by atoms with Crippen molar-refractivity contribution in [2.75, 3.05) is 19.8 Å². The third-order valence-electron chi connectivity index (χ3n) is 6.98. The van der Waals surface area contributed by atoms with Crippen molar-refractivity contribution < 1.29 is 55.0 Å². The van der Waals surface area contributed by atoms with Crippen LogP contribution in [0.25, 0.3) is 0 Å². The van der Waals surface area contributed by atoms with Crippen molar-refractivity contribution in [1.82, 2.24) is 16.0 Å². The standard InChI is InChI=1S/C22H29F6N3O6/c1-11(2)5-14(31-18(35)20-8-19(9-20,10-37-20)21(23,24)25)17(34)30-13(6-12-3-4-29-16(12)33)15(32)7-36-22(26,27)28/h11-14H,3-10H2,1-2H3,(H,29,33)(H,30,34)(H,31,35)/t12-,13-,14-,19?,20?/m0/s1. The number of nitrogens with one attached hydrogen (secondary N) is 3. The molecule has 3 atom stereocenters. The predicted molar refractivity (Wildman–Crippen MR) is 112 cm³/mol. The Morgan fingerprint density at radius 1 is 1.11 bits per heavy atom. The van der Waals surface area contributed by atoms with E-state index >= 15 is 0 Å². The molecule has 37 heavy (non-hydrogen) atoms. The molecule has 0 spiro atoms. The lowest BCUT2D eigenvalue weighted by atomic mass is 9.61. The summed E-state index contributed by atoms with van der Waals surface area (Å²) in [6.45, 7) is 1.63. The molecule has 1 aliphatic carbocycles. The highest BCUT2D eigenvalue weighted by Crippen LogP contribution is 2.64. The molecule has 1 saturated carbocycles. The van der Waals surface area contributed by atoms with Gasteiger partial charge in [0.05, 0.1) is 18.1 Å². The van der Waals surface area contributed by atoms with Crippen LogP contribution in [0.5, 0.6) is 0 Å². The molecular formula is C22H29F6N3O6. The van der Waals surface area contributed by atoms with Crippen LogP contribution in [0.4, 0.5) is 26.3 Å². The topological polar surface area (TPSA) is 123 Å². The van der Waals surface area contributed by atoms with Crippen molar-refractivity contribution in [3.05, 3.63) is 0 Å². The third-order valence-corrected chi connectivity index (χ3v) is 6.98. The van der Waals surface area contributed by atoms with E-state index < -0.39 is 91.1 Å². The van der Waals surface area contributed by atoms with Gasteiger partial charge in [-0.05, 0) is 25.2 Å². The van der Waals surface area contributed by atoms with E-state index in [2.05, 4.69) is 20.7 Å². The first-order valence-corrected chi connectivity index (χ1v) is 11.8. The van der Waals surface area contributed by atoms with E-state index in [4.69, 9.17) is 4.74 Å². The zero-order valence-electron chi connectivity index (χ0n) is 20.2. The zero-order chi connectivity index (χ0) is 27.8. The Balaban J connectivity index is 1.70. The summed E-state index contributed by atoms with van der Waals surface area (Å²) in [6, 6.07) is -2.85. The molecule has 4 fully saturated rings. The molecule has 3 saturated heterocycles. The van der Waals surface area contributed by atoms with Crippen LogP contribution in [0.15, 0.2) is 0 Å². The highest BCUT2D eigenvalue weighted by molar-refractivity contribution is 5.95. The minimum absolute atomic E-state index is 0.0158. The van der Waals surface area contributed by atoms with Crippen molar-refractivity contribution in [1.29, 1.82) is 0 Å². The van der Waals surface area contributed by atoms with Gasteiger partial charge in [-0.3, -0.25) is 23.9 Å². The highest BCUT2D eigenvalue weighted by Gasteiger charge is 2.76. The molecule has 15 heteroatoms. The van der Waals surface area contributed by atoms with Crippen LogP contribution in [0.2, 0.25) is 0 Å². The lowest BCUT2D eigenvalue weighted by molar-refractivity contribution is -0.321. The second kappa shape index (κ2) is 10.4. The fourth-order valence-corrected chi connectivity index (χ4v) is 4.97. The van der Waals surface area contributed by atoms with E-state index in [0.717, 1.165) is 0 Å². The molecule has 3 amide bonds. The Morgan fingerprint density at radius 3 is 2.24 bits per heavy atom. The van der Waals surface area contributed by atoms with Crippen LogP contribution in [-0.4, -0.2) is 73.5 Å². The molecule has 0 aromatic rings. The summed E-state index contributed by atoms with van der Waals surface area (Å²) in [5.41, 5.74) is -3.85.